The normalized spacial score (nSPS) is 15.3. The Morgan fingerprint density at radius 2 is 2.04 bits per heavy atom. The lowest BCUT2D eigenvalue weighted by atomic mass is 9.96. The first-order chi connectivity index (χ1) is 12.7. The topological polar surface area (TPSA) is 87.9 Å². The molecule has 7 heteroatoms. The molecular formula is C19H21N5O2. The van der Waals surface area contributed by atoms with Gasteiger partial charge >= 0.3 is 0 Å². The van der Waals surface area contributed by atoms with Crippen molar-refractivity contribution in [1.29, 1.82) is 0 Å². The van der Waals surface area contributed by atoms with E-state index in [0.29, 0.717) is 17.6 Å². The van der Waals surface area contributed by atoms with E-state index >= 15 is 0 Å². The first kappa shape index (κ1) is 16.5. The lowest BCUT2D eigenvalue weighted by Crippen LogP contribution is -2.38. The van der Waals surface area contributed by atoms with Crippen LogP contribution in [0.25, 0.3) is 11.4 Å². The third-order valence-corrected chi connectivity index (χ3v) is 4.76. The van der Waals surface area contributed by atoms with Crippen molar-refractivity contribution in [3.05, 3.63) is 54.0 Å². The number of amides is 1. The molecule has 26 heavy (non-hydrogen) atoms. The summed E-state index contributed by atoms with van der Waals surface area (Å²) in [6.07, 6.45) is 3.65. The molecule has 0 atom stereocenters. The zero-order chi connectivity index (χ0) is 17.9. The molecule has 0 aliphatic carbocycles. The Labute approximate surface area is 151 Å². The standard InChI is InChI=1S/C19H21N5O2/c1-13-20-12-16(26-13)11-17(25)24-9-7-15(8-10-24)19-21-18(22-23-19)14-5-3-2-4-6-14/h2-6,12,15H,7-11H2,1H3,(H,21,22,23). The number of piperidine rings is 1. The van der Waals surface area contributed by atoms with Gasteiger partial charge in [0.1, 0.15) is 11.6 Å². The fourth-order valence-corrected chi connectivity index (χ4v) is 3.32. The molecule has 1 saturated heterocycles. The monoisotopic (exact) mass is 351 g/mol. The molecule has 1 aliphatic rings. The number of nitrogens with one attached hydrogen (secondary N) is 1. The molecule has 1 amide bonds. The number of oxazole rings is 1. The molecule has 3 heterocycles. The van der Waals surface area contributed by atoms with Gasteiger partial charge in [-0.2, -0.15) is 5.10 Å². The minimum Gasteiger partial charge on any atom is -0.446 e. The Morgan fingerprint density at radius 1 is 1.27 bits per heavy atom. The number of H-pyrrole nitrogens is 1. The summed E-state index contributed by atoms with van der Waals surface area (Å²) in [5.41, 5.74) is 1.00. The molecule has 134 valence electrons. The van der Waals surface area contributed by atoms with Crippen LogP contribution in [0.1, 0.15) is 36.2 Å². The van der Waals surface area contributed by atoms with Crippen LogP contribution < -0.4 is 0 Å². The van der Waals surface area contributed by atoms with Crippen LogP contribution in [0.4, 0.5) is 0 Å². The number of carbonyl (C=O) groups is 1. The van der Waals surface area contributed by atoms with Gasteiger partial charge in [0, 0.05) is 31.5 Å². The van der Waals surface area contributed by atoms with Crippen LogP contribution in [0, 0.1) is 6.92 Å². The predicted molar refractivity (Wildman–Crippen MR) is 95.3 cm³/mol. The molecule has 0 spiro atoms. The molecule has 4 rings (SSSR count). The van der Waals surface area contributed by atoms with Gasteiger partial charge in [0.2, 0.25) is 5.91 Å². The average Bonchev–Trinajstić information content (AvgIpc) is 3.32. The second kappa shape index (κ2) is 7.11. The number of aromatic amines is 1. The van der Waals surface area contributed by atoms with E-state index in [9.17, 15) is 4.79 Å². The van der Waals surface area contributed by atoms with Crippen LogP contribution in [0.5, 0.6) is 0 Å². The van der Waals surface area contributed by atoms with Crippen molar-refractivity contribution in [3.63, 3.8) is 0 Å². The van der Waals surface area contributed by atoms with Crippen LogP contribution >= 0.6 is 0 Å². The minimum absolute atomic E-state index is 0.0853. The average molecular weight is 351 g/mol. The van der Waals surface area contributed by atoms with Crippen LogP contribution in [0.15, 0.2) is 40.9 Å². The summed E-state index contributed by atoms with van der Waals surface area (Å²) in [6, 6.07) is 9.93. The number of nitrogens with zero attached hydrogens (tertiary/aromatic N) is 4. The van der Waals surface area contributed by atoms with Crippen molar-refractivity contribution in [2.24, 2.45) is 0 Å². The van der Waals surface area contributed by atoms with Crippen molar-refractivity contribution < 1.29 is 9.21 Å². The van der Waals surface area contributed by atoms with E-state index < -0.39 is 0 Å². The van der Waals surface area contributed by atoms with Gasteiger partial charge in [-0.25, -0.2) is 9.97 Å². The molecule has 7 nitrogen and oxygen atoms in total. The highest BCUT2D eigenvalue weighted by atomic mass is 16.4. The Balaban J connectivity index is 1.35. The minimum atomic E-state index is 0.0853. The third-order valence-electron chi connectivity index (χ3n) is 4.76. The molecule has 0 unspecified atom stereocenters. The number of hydrogen-bond acceptors (Lipinski definition) is 5. The van der Waals surface area contributed by atoms with Crippen LogP contribution in [-0.2, 0) is 11.2 Å². The van der Waals surface area contributed by atoms with Gasteiger partial charge in [-0.1, -0.05) is 30.3 Å². The molecule has 0 bridgehead atoms. The summed E-state index contributed by atoms with van der Waals surface area (Å²) in [5.74, 6) is 3.23. The van der Waals surface area contributed by atoms with E-state index in [2.05, 4.69) is 20.2 Å². The number of likely N-dealkylation sites (tertiary alicyclic amines) is 1. The predicted octanol–water partition coefficient (Wildman–Crippen LogP) is 2.72. The van der Waals surface area contributed by atoms with Crippen molar-refractivity contribution >= 4 is 5.91 Å². The van der Waals surface area contributed by atoms with E-state index in [-0.39, 0.29) is 12.3 Å². The molecule has 1 fully saturated rings. The molecule has 1 N–H and O–H groups in total. The molecule has 1 aliphatic heterocycles. The maximum absolute atomic E-state index is 12.4. The van der Waals surface area contributed by atoms with E-state index in [0.717, 1.165) is 43.1 Å². The van der Waals surface area contributed by atoms with Crippen LogP contribution in [0.2, 0.25) is 0 Å². The van der Waals surface area contributed by atoms with E-state index in [1.807, 2.05) is 35.2 Å². The first-order valence-corrected chi connectivity index (χ1v) is 8.86. The number of benzene rings is 1. The summed E-state index contributed by atoms with van der Waals surface area (Å²) in [5, 5.41) is 7.41. The molecule has 0 radical (unpaired) electrons. The number of hydrogen-bond donors (Lipinski definition) is 1. The third kappa shape index (κ3) is 3.51. The second-order valence-corrected chi connectivity index (χ2v) is 6.59. The van der Waals surface area contributed by atoms with Crippen molar-refractivity contribution in [1.82, 2.24) is 25.1 Å². The zero-order valence-electron chi connectivity index (χ0n) is 14.7. The highest BCUT2D eigenvalue weighted by molar-refractivity contribution is 5.78. The number of carbonyl (C=O) groups excluding carboxylic acids is 1. The SMILES string of the molecule is Cc1ncc(CC(=O)N2CCC(c3nc(-c4ccccc4)n[nH]3)CC2)o1. The quantitative estimate of drug-likeness (QED) is 0.781. The van der Waals surface area contributed by atoms with Crippen LogP contribution in [0.3, 0.4) is 0 Å². The van der Waals surface area contributed by atoms with E-state index in [1.54, 1.807) is 13.1 Å². The van der Waals surface area contributed by atoms with Gasteiger partial charge in [-0.05, 0) is 12.8 Å². The molecule has 2 aromatic heterocycles. The number of rotatable bonds is 4. The maximum Gasteiger partial charge on any atom is 0.230 e. The first-order valence-electron chi connectivity index (χ1n) is 8.86. The fraction of sp³-hybridized carbons (Fsp3) is 0.368. The number of aromatic nitrogens is 4. The lowest BCUT2D eigenvalue weighted by molar-refractivity contribution is -0.131. The van der Waals surface area contributed by atoms with Gasteiger partial charge in [-0.3, -0.25) is 9.89 Å². The van der Waals surface area contributed by atoms with Gasteiger partial charge in [0.25, 0.3) is 0 Å². The summed E-state index contributed by atoms with van der Waals surface area (Å²) >= 11 is 0. The summed E-state index contributed by atoms with van der Waals surface area (Å²) < 4.78 is 5.40. The van der Waals surface area contributed by atoms with E-state index in [4.69, 9.17) is 4.42 Å². The highest BCUT2D eigenvalue weighted by Gasteiger charge is 2.26. The number of aryl methyl sites for hydroxylation is 1. The van der Waals surface area contributed by atoms with Gasteiger partial charge < -0.3 is 9.32 Å². The van der Waals surface area contributed by atoms with Crippen molar-refractivity contribution in [2.45, 2.75) is 32.1 Å². The maximum atomic E-state index is 12.4. The summed E-state index contributed by atoms with van der Waals surface area (Å²) in [6.45, 7) is 3.22. The largest absolute Gasteiger partial charge is 0.446 e. The molecule has 3 aromatic rings. The van der Waals surface area contributed by atoms with Crippen LogP contribution in [-0.4, -0.2) is 44.1 Å². The summed E-state index contributed by atoms with van der Waals surface area (Å²) in [7, 11) is 0. The van der Waals surface area contributed by atoms with E-state index in [1.165, 1.54) is 0 Å². The smallest absolute Gasteiger partial charge is 0.230 e. The van der Waals surface area contributed by atoms with Gasteiger partial charge in [0.05, 0.1) is 12.6 Å². The molecule has 1 aromatic carbocycles. The molecule has 0 saturated carbocycles. The fourth-order valence-electron chi connectivity index (χ4n) is 3.32. The second-order valence-electron chi connectivity index (χ2n) is 6.59. The van der Waals surface area contributed by atoms with Crippen molar-refractivity contribution in [3.8, 4) is 11.4 Å². The lowest BCUT2D eigenvalue weighted by Gasteiger charge is -2.30. The highest BCUT2D eigenvalue weighted by Crippen LogP contribution is 2.27. The Kier molecular flexibility index (Phi) is 4.51. The summed E-state index contributed by atoms with van der Waals surface area (Å²) in [4.78, 5) is 23.0. The Hall–Kier alpha value is -2.96. The Morgan fingerprint density at radius 3 is 2.73 bits per heavy atom. The van der Waals surface area contributed by atoms with Gasteiger partial charge in [-0.15, -0.1) is 0 Å². The zero-order valence-corrected chi connectivity index (χ0v) is 14.7. The molecular weight excluding hydrogens is 330 g/mol. The van der Waals surface area contributed by atoms with Gasteiger partial charge in [0.15, 0.2) is 11.7 Å². The Bertz CT molecular complexity index is 878. The van der Waals surface area contributed by atoms with Crippen molar-refractivity contribution in [2.75, 3.05) is 13.1 Å².